The van der Waals surface area contributed by atoms with E-state index in [4.69, 9.17) is 4.74 Å². The minimum absolute atomic E-state index is 0.169. The number of nitrogens with one attached hydrogen (secondary N) is 1. The molecule has 30 heavy (non-hydrogen) atoms. The van der Waals surface area contributed by atoms with Crippen LogP contribution >= 0.6 is 0 Å². The van der Waals surface area contributed by atoms with Gasteiger partial charge in [-0.05, 0) is 48.6 Å². The Morgan fingerprint density at radius 1 is 1.20 bits per heavy atom. The highest BCUT2D eigenvalue weighted by Gasteiger charge is 2.14. The Bertz CT molecular complexity index is 1040. The van der Waals surface area contributed by atoms with Gasteiger partial charge in [-0.2, -0.15) is 0 Å². The third-order valence-electron chi connectivity index (χ3n) is 5.21. The molecule has 6 heteroatoms. The van der Waals surface area contributed by atoms with Crippen LogP contribution in [0.3, 0.4) is 0 Å². The van der Waals surface area contributed by atoms with Crippen molar-refractivity contribution in [2.75, 3.05) is 19.5 Å². The Morgan fingerprint density at radius 3 is 2.60 bits per heavy atom. The van der Waals surface area contributed by atoms with Crippen molar-refractivity contribution in [2.45, 2.75) is 40.2 Å². The lowest BCUT2D eigenvalue weighted by atomic mass is 9.97. The molecule has 2 amide bonds. The van der Waals surface area contributed by atoms with Crippen LogP contribution < -0.4 is 10.1 Å². The number of methoxy groups -OCH3 is 1. The van der Waals surface area contributed by atoms with Crippen LogP contribution in [-0.2, 0) is 6.54 Å². The molecule has 2 aromatic carbocycles. The molecule has 1 N–H and O–H groups in total. The van der Waals surface area contributed by atoms with Gasteiger partial charge in [0.15, 0.2) is 0 Å². The van der Waals surface area contributed by atoms with Gasteiger partial charge in [0.1, 0.15) is 5.75 Å². The molecule has 0 aliphatic heterocycles. The van der Waals surface area contributed by atoms with Gasteiger partial charge in [-0.3, -0.25) is 0 Å². The molecular weight excluding hydrogens is 376 g/mol. The van der Waals surface area contributed by atoms with Crippen LogP contribution in [0.1, 0.15) is 42.1 Å². The molecule has 1 heterocycles. The number of amides is 2. The fourth-order valence-corrected chi connectivity index (χ4v) is 3.29. The summed E-state index contributed by atoms with van der Waals surface area (Å²) >= 11 is 0. The van der Waals surface area contributed by atoms with E-state index in [0.717, 1.165) is 16.9 Å². The number of aromatic nitrogens is 2. The van der Waals surface area contributed by atoms with Gasteiger partial charge in [-0.1, -0.05) is 32.0 Å². The van der Waals surface area contributed by atoms with Crippen molar-refractivity contribution in [2.24, 2.45) is 0 Å². The van der Waals surface area contributed by atoms with Gasteiger partial charge in [0.05, 0.1) is 24.8 Å². The summed E-state index contributed by atoms with van der Waals surface area (Å²) in [6.45, 7) is 8.90. The Morgan fingerprint density at radius 2 is 1.97 bits per heavy atom. The number of ether oxygens (including phenoxy) is 1. The average molecular weight is 407 g/mol. The molecule has 0 atom stereocenters. The maximum Gasteiger partial charge on any atom is 0.321 e. The highest BCUT2D eigenvalue weighted by molar-refractivity contribution is 5.89. The lowest BCUT2D eigenvalue weighted by Crippen LogP contribution is -2.31. The van der Waals surface area contributed by atoms with Crippen LogP contribution in [0.25, 0.3) is 5.69 Å². The van der Waals surface area contributed by atoms with E-state index in [-0.39, 0.29) is 6.03 Å². The first-order valence-corrected chi connectivity index (χ1v) is 10.1. The normalized spacial score (nSPS) is 10.9. The van der Waals surface area contributed by atoms with Gasteiger partial charge in [0.25, 0.3) is 0 Å². The maximum atomic E-state index is 12.8. The molecule has 0 aliphatic rings. The van der Waals surface area contributed by atoms with E-state index in [1.165, 1.54) is 11.1 Å². The number of carbonyl (C=O) groups excluding carboxylic acids is 1. The fourth-order valence-electron chi connectivity index (χ4n) is 3.29. The van der Waals surface area contributed by atoms with Crippen LogP contribution in [0.15, 0.2) is 48.9 Å². The van der Waals surface area contributed by atoms with E-state index in [9.17, 15) is 4.79 Å². The molecular formula is C24H30N4O2. The minimum Gasteiger partial charge on any atom is -0.494 e. The molecule has 6 nitrogen and oxygen atoms in total. The first-order valence-electron chi connectivity index (χ1n) is 10.1. The highest BCUT2D eigenvalue weighted by atomic mass is 16.5. The van der Waals surface area contributed by atoms with Crippen molar-refractivity contribution in [1.29, 1.82) is 0 Å². The van der Waals surface area contributed by atoms with Crippen LogP contribution in [0.4, 0.5) is 10.5 Å². The van der Waals surface area contributed by atoms with Crippen molar-refractivity contribution in [1.82, 2.24) is 14.5 Å². The molecule has 0 bridgehead atoms. The third kappa shape index (κ3) is 4.82. The summed E-state index contributed by atoms with van der Waals surface area (Å²) in [7, 11) is 3.42. The number of aryl methyl sites for hydroxylation is 2. The topological polar surface area (TPSA) is 59.4 Å². The van der Waals surface area contributed by atoms with Crippen LogP contribution in [0.2, 0.25) is 0 Å². The first kappa shape index (κ1) is 21.4. The van der Waals surface area contributed by atoms with Crippen LogP contribution in [-0.4, -0.2) is 34.6 Å². The Balaban J connectivity index is 1.73. The molecule has 3 aromatic rings. The number of imidazole rings is 1. The minimum atomic E-state index is -0.169. The molecule has 0 unspecified atom stereocenters. The van der Waals surface area contributed by atoms with Gasteiger partial charge < -0.3 is 19.5 Å². The van der Waals surface area contributed by atoms with Gasteiger partial charge in [-0.25, -0.2) is 9.78 Å². The predicted molar refractivity (Wildman–Crippen MR) is 121 cm³/mol. The third-order valence-corrected chi connectivity index (χ3v) is 5.21. The second-order valence-corrected chi connectivity index (χ2v) is 7.94. The average Bonchev–Trinajstić information content (AvgIpc) is 3.15. The summed E-state index contributed by atoms with van der Waals surface area (Å²) < 4.78 is 7.42. The molecule has 1 aromatic heterocycles. The summed E-state index contributed by atoms with van der Waals surface area (Å²) in [4.78, 5) is 18.7. The van der Waals surface area contributed by atoms with Crippen LogP contribution in [0, 0.1) is 13.8 Å². The quantitative estimate of drug-likeness (QED) is 0.605. The summed E-state index contributed by atoms with van der Waals surface area (Å²) in [5.74, 6) is 1.11. The van der Waals surface area contributed by atoms with Crippen molar-refractivity contribution in [3.63, 3.8) is 0 Å². The maximum absolute atomic E-state index is 12.8. The van der Waals surface area contributed by atoms with E-state index < -0.39 is 0 Å². The van der Waals surface area contributed by atoms with Gasteiger partial charge in [0, 0.05) is 31.5 Å². The predicted octanol–water partition coefficient (Wildman–Crippen LogP) is 5.29. The first-order chi connectivity index (χ1) is 14.3. The number of hydrogen-bond acceptors (Lipinski definition) is 3. The molecule has 158 valence electrons. The zero-order valence-electron chi connectivity index (χ0n) is 18.6. The standard InChI is InChI=1S/C24H30N4O2/c1-16(2)19-8-7-17(3)20(11-19)14-27(5)24(29)26-21-9-10-22(23(12-21)30-6)28-13-18(4)25-15-28/h7-13,15-16H,14H2,1-6H3,(H,26,29). The molecule has 0 saturated carbocycles. The zero-order valence-corrected chi connectivity index (χ0v) is 18.6. The SMILES string of the molecule is COc1cc(NC(=O)N(C)Cc2cc(C(C)C)ccc2C)ccc1-n1cnc(C)c1. The second-order valence-electron chi connectivity index (χ2n) is 7.94. The number of anilines is 1. The molecule has 0 spiro atoms. The number of rotatable bonds is 6. The highest BCUT2D eigenvalue weighted by Crippen LogP contribution is 2.27. The monoisotopic (exact) mass is 406 g/mol. The van der Waals surface area contributed by atoms with E-state index in [1.807, 2.05) is 35.9 Å². The number of carbonyl (C=O) groups is 1. The van der Waals surface area contributed by atoms with E-state index in [1.54, 1.807) is 25.4 Å². The summed E-state index contributed by atoms with van der Waals surface area (Å²) in [6, 6.07) is 11.9. The van der Waals surface area contributed by atoms with Crippen molar-refractivity contribution in [3.8, 4) is 11.4 Å². The van der Waals surface area contributed by atoms with Gasteiger partial charge >= 0.3 is 6.03 Å². The van der Waals surface area contributed by atoms with Crippen LogP contribution in [0.5, 0.6) is 5.75 Å². The second kappa shape index (κ2) is 9.03. The van der Waals surface area contributed by atoms with E-state index in [0.29, 0.717) is 23.9 Å². The number of urea groups is 1. The van der Waals surface area contributed by atoms with Crippen molar-refractivity contribution in [3.05, 3.63) is 71.3 Å². The molecule has 0 radical (unpaired) electrons. The lowest BCUT2D eigenvalue weighted by molar-refractivity contribution is 0.220. The Labute approximate surface area is 178 Å². The largest absolute Gasteiger partial charge is 0.494 e. The Kier molecular flexibility index (Phi) is 6.45. The lowest BCUT2D eigenvalue weighted by Gasteiger charge is -2.21. The fraction of sp³-hybridized carbons (Fsp3) is 0.333. The molecule has 0 aliphatic carbocycles. The summed E-state index contributed by atoms with van der Waals surface area (Å²) in [6.07, 6.45) is 3.67. The van der Waals surface area contributed by atoms with Gasteiger partial charge in [0.2, 0.25) is 0 Å². The summed E-state index contributed by atoms with van der Waals surface area (Å²) in [5.41, 5.74) is 6.08. The number of hydrogen-bond donors (Lipinski definition) is 1. The number of nitrogens with zero attached hydrogens (tertiary/aromatic N) is 3. The van der Waals surface area contributed by atoms with E-state index >= 15 is 0 Å². The smallest absolute Gasteiger partial charge is 0.321 e. The molecule has 3 rings (SSSR count). The molecule has 0 fully saturated rings. The number of benzene rings is 2. The van der Waals surface area contributed by atoms with Crippen molar-refractivity contribution < 1.29 is 9.53 Å². The van der Waals surface area contributed by atoms with E-state index in [2.05, 4.69) is 49.3 Å². The van der Waals surface area contributed by atoms with Crippen molar-refractivity contribution >= 4 is 11.7 Å². The Hall–Kier alpha value is -3.28. The summed E-state index contributed by atoms with van der Waals surface area (Å²) in [5, 5.41) is 2.96. The molecule has 0 saturated heterocycles. The zero-order chi connectivity index (χ0) is 21.8. The van der Waals surface area contributed by atoms with Gasteiger partial charge in [-0.15, -0.1) is 0 Å².